The zero-order valence-corrected chi connectivity index (χ0v) is 19.2. The number of hydrogen-bond donors (Lipinski definition) is 2. The maximum absolute atomic E-state index is 5.43. The van der Waals surface area contributed by atoms with Crippen molar-refractivity contribution >= 4 is 35.6 Å². The topological polar surface area (TPSA) is 65.7 Å². The average Bonchev–Trinajstić information content (AvgIpc) is 3.38. The van der Waals surface area contributed by atoms with Gasteiger partial charge in [-0.1, -0.05) is 43.3 Å². The monoisotopic (exact) mass is 495 g/mol. The molecule has 1 aliphatic rings. The van der Waals surface area contributed by atoms with Crippen molar-refractivity contribution in [2.45, 2.75) is 39.8 Å². The van der Waals surface area contributed by atoms with Gasteiger partial charge in [-0.25, -0.2) is 0 Å². The molecule has 2 N–H and O–H groups in total. The minimum absolute atomic E-state index is 0. The predicted molar refractivity (Wildman–Crippen MR) is 126 cm³/mol. The van der Waals surface area contributed by atoms with Crippen LogP contribution in [0.2, 0.25) is 0 Å². The number of aromatic nitrogens is 1. The van der Waals surface area contributed by atoms with Crippen molar-refractivity contribution in [1.29, 1.82) is 0 Å². The van der Waals surface area contributed by atoms with Crippen LogP contribution in [-0.4, -0.2) is 31.3 Å². The largest absolute Gasteiger partial charge is 0.364 e. The molecule has 0 bridgehead atoms. The number of anilines is 1. The minimum Gasteiger partial charge on any atom is -0.364 e. The van der Waals surface area contributed by atoms with Crippen LogP contribution in [0.4, 0.5) is 5.69 Å². The van der Waals surface area contributed by atoms with Crippen molar-refractivity contribution in [3.8, 4) is 0 Å². The number of nitrogens with one attached hydrogen (secondary N) is 2. The van der Waals surface area contributed by atoms with Crippen LogP contribution >= 0.6 is 24.0 Å². The van der Waals surface area contributed by atoms with Gasteiger partial charge in [0.25, 0.3) is 0 Å². The van der Waals surface area contributed by atoms with Gasteiger partial charge in [0.1, 0.15) is 5.76 Å². The van der Waals surface area contributed by atoms with E-state index in [-0.39, 0.29) is 24.0 Å². The molecule has 1 aromatic heterocycles. The lowest BCUT2D eigenvalue weighted by Crippen LogP contribution is -2.36. The maximum Gasteiger partial charge on any atom is 0.191 e. The van der Waals surface area contributed by atoms with Crippen molar-refractivity contribution in [2.75, 3.05) is 25.0 Å². The van der Waals surface area contributed by atoms with E-state index >= 15 is 0 Å². The van der Waals surface area contributed by atoms with Crippen molar-refractivity contribution in [2.24, 2.45) is 4.99 Å². The summed E-state index contributed by atoms with van der Waals surface area (Å²) in [6.45, 7) is 7.53. The van der Waals surface area contributed by atoms with Crippen molar-refractivity contribution in [3.05, 3.63) is 59.0 Å². The Morgan fingerprint density at radius 2 is 1.89 bits per heavy atom. The quantitative estimate of drug-likeness (QED) is 0.266. The van der Waals surface area contributed by atoms with E-state index in [1.165, 1.54) is 11.3 Å². The number of nitrogens with zero attached hydrogens (tertiary/aromatic N) is 3. The molecule has 2 heterocycles. The number of benzene rings is 1. The normalized spacial score (nSPS) is 13.5. The summed E-state index contributed by atoms with van der Waals surface area (Å²) in [7, 11) is 1.79. The molecular formula is C21H30IN5O. The second-order valence-electron chi connectivity index (χ2n) is 6.56. The van der Waals surface area contributed by atoms with E-state index in [4.69, 9.17) is 4.52 Å². The van der Waals surface area contributed by atoms with Gasteiger partial charge in [-0.3, -0.25) is 4.99 Å². The second-order valence-corrected chi connectivity index (χ2v) is 6.56. The third kappa shape index (κ3) is 5.50. The van der Waals surface area contributed by atoms with Gasteiger partial charge in [0.05, 0.1) is 5.69 Å². The maximum atomic E-state index is 5.43. The summed E-state index contributed by atoms with van der Waals surface area (Å²) in [5, 5.41) is 10.9. The Bertz CT molecular complexity index is 785. The molecule has 7 heteroatoms. The molecule has 0 unspecified atom stereocenters. The zero-order chi connectivity index (χ0) is 19.1. The number of guanidine groups is 1. The van der Waals surface area contributed by atoms with E-state index in [0.717, 1.165) is 55.5 Å². The molecule has 6 nitrogen and oxygen atoms in total. The zero-order valence-electron chi connectivity index (χ0n) is 16.9. The first-order valence-electron chi connectivity index (χ1n) is 9.64. The molecule has 0 aliphatic carbocycles. The first kappa shape index (κ1) is 22.3. The standard InChI is InChI=1S/C21H29N5O.HI/c1-4-19-18(20(5-2)27-25-19)15-24-21(22-3)23-14-16-9-8-10-17(13-16)26-11-6-7-12-26;/h6-10,13H,4-5,11-12,14-15H2,1-3H3,(H2,22,23,24);1H. The Morgan fingerprint density at radius 1 is 1.14 bits per heavy atom. The third-order valence-corrected chi connectivity index (χ3v) is 4.82. The first-order chi connectivity index (χ1) is 13.2. The van der Waals surface area contributed by atoms with Crippen LogP contribution in [-0.2, 0) is 25.9 Å². The fraction of sp³-hybridized carbons (Fsp3) is 0.429. The van der Waals surface area contributed by atoms with Gasteiger partial charge < -0.3 is 20.1 Å². The lowest BCUT2D eigenvalue weighted by Gasteiger charge is -2.19. The summed E-state index contributed by atoms with van der Waals surface area (Å²) in [6, 6.07) is 8.64. The fourth-order valence-corrected chi connectivity index (χ4v) is 3.27. The van der Waals surface area contributed by atoms with Gasteiger partial charge in [0, 0.05) is 50.9 Å². The molecule has 3 rings (SSSR count). The number of aryl methyl sites for hydroxylation is 2. The van der Waals surface area contributed by atoms with Crippen LogP contribution in [0.25, 0.3) is 0 Å². The van der Waals surface area contributed by atoms with E-state index in [0.29, 0.717) is 6.54 Å². The van der Waals surface area contributed by atoms with Gasteiger partial charge in [-0.15, -0.1) is 24.0 Å². The fourth-order valence-electron chi connectivity index (χ4n) is 3.27. The summed E-state index contributed by atoms with van der Waals surface area (Å²) in [4.78, 5) is 6.68. The van der Waals surface area contributed by atoms with Gasteiger partial charge in [0.2, 0.25) is 0 Å². The molecule has 2 aromatic rings. The summed E-state index contributed by atoms with van der Waals surface area (Å²) in [5.74, 6) is 1.72. The van der Waals surface area contributed by atoms with Gasteiger partial charge in [0.15, 0.2) is 5.96 Å². The average molecular weight is 495 g/mol. The third-order valence-electron chi connectivity index (χ3n) is 4.82. The smallest absolute Gasteiger partial charge is 0.191 e. The Morgan fingerprint density at radius 3 is 2.57 bits per heavy atom. The summed E-state index contributed by atoms with van der Waals surface area (Å²) in [6.07, 6.45) is 6.12. The minimum atomic E-state index is 0. The van der Waals surface area contributed by atoms with E-state index in [1.807, 2.05) is 0 Å². The molecule has 0 saturated carbocycles. The van der Waals surface area contributed by atoms with E-state index in [2.05, 4.69) is 75.9 Å². The lowest BCUT2D eigenvalue weighted by atomic mass is 10.1. The molecule has 0 saturated heterocycles. The predicted octanol–water partition coefficient (Wildman–Crippen LogP) is 3.66. The molecule has 1 aliphatic heterocycles. The highest BCUT2D eigenvalue weighted by atomic mass is 127. The Labute approximate surface area is 184 Å². The van der Waals surface area contributed by atoms with Crippen LogP contribution < -0.4 is 15.5 Å². The van der Waals surface area contributed by atoms with E-state index < -0.39 is 0 Å². The highest BCUT2D eigenvalue weighted by molar-refractivity contribution is 14.0. The number of aliphatic imine (C=N–C) groups is 1. The summed E-state index contributed by atoms with van der Waals surface area (Å²) < 4.78 is 5.43. The molecule has 28 heavy (non-hydrogen) atoms. The van der Waals surface area contributed by atoms with Crippen LogP contribution in [0.15, 0.2) is 45.9 Å². The van der Waals surface area contributed by atoms with Crippen molar-refractivity contribution in [3.63, 3.8) is 0 Å². The summed E-state index contributed by atoms with van der Waals surface area (Å²) >= 11 is 0. The Balaban J connectivity index is 0.00000280. The van der Waals surface area contributed by atoms with Crippen LogP contribution in [0.3, 0.4) is 0 Å². The van der Waals surface area contributed by atoms with Crippen LogP contribution in [0.1, 0.15) is 36.4 Å². The molecule has 152 valence electrons. The highest BCUT2D eigenvalue weighted by Crippen LogP contribution is 2.18. The van der Waals surface area contributed by atoms with Crippen LogP contribution in [0.5, 0.6) is 0 Å². The van der Waals surface area contributed by atoms with Crippen LogP contribution in [0, 0.1) is 0 Å². The molecule has 1 aromatic carbocycles. The second kappa shape index (κ2) is 11.1. The molecule has 0 amide bonds. The highest BCUT2D eigenvalue weighted by Gasteiger charge is 2.13. The number of hydrogen-bond acceptors (Lipinski definition) is 4. The molecule has 0 atom stereocenters. The molecular weight excluding hydrogens is 465 g/mol. The Hall–Kier alpha value is -2.03. The van der Waals surface area contributed by atoms with E-state index in [1.54, 1.807) is 7.05 Å². The van der Waals surface area contributed by atoms with Gasteiger partial charge >= 0.3 is 0 Å². The molecule has 0 fully saturated rings. The Kier molecular flexibility index (Phi) is 8.82. The van der Waals surface area contributed by atoms with Crippen molar-refractivity contribution < 1.29 is 4.52 Å². The summed E-state index contributed by atoms with van der Waals surface area (Å²) in [5.41, 5.74) is 4.65. The van der Waals surface area contributed by atoms with E-state index in [9.17, 15) is 0 Å². The first-order valence-corrected chi connectivity index (χ1v) is 9.64. The SMILES string of the molecule is CCc1noc(CC)c1CNC(=NC)NCc1cccc(N2CC=CC2)c1.I. The van der Waals surface area contributed by atoms with Gasteiger partial charge in [-0.05, 0) is 24.1 Å². The molecule has 0 radical (unpaired) electrons. The number of rotatable bonds is 7. The van der Waals surface area contributed by atoms with Gasteiger partial charge in [-0.2, -0.15) is 0 Å². The molecule has 0 spiro atoms. The number of halogens is 1. The van der Waals surface area contributed by atoms with Crippen molar-refractivity contribution in [1.82, 2.24) is 15.8 Å². The lowest BCUT2D eigenvalue weighted by molar-refractivity contribution is 0.380.